The lowest BCUT2D eigenvalue weighted by molar-refractivity contribution is 1.17. The van der Waals surface area contributed by atoms with Crippen molar-refractivity contribution in [3.63, 3.8) is 0 Å². The summed E-state index contributed by atoms with van der Waals surface area (Å²) < 4.78 is 5.79. The fourth-order valence-corrected chi connectivity index (χ4v) is 19.8. The molecule has 22 aromatic carbocycles. The maximum Gasteiger partial charge on any atom is 0.0541 e. The highest BCUT2D eigenvalue weighted by Crippen LogP contribution is 2.53. The van der Waals surface area contributed by atoms with Gasteiger partial charge in [0.25, 0.3) is 0 Å². The minimum absolute atomic E-state index is 1.08. The minimum atomic E-state index is 1.08. The molecule has 0 aliphatic heterocycles. The lowest BCUT2D eigenvalue weighted by Gasteiger charge is -2.27. The van der Waals surface area contributed by atoms with Gasteiger partial charge in [-0.1, -0.05) is 404 Å². The third-order valence-corrected chi connectivity index (χ3v) is 25.6. The van der Waals surface area contributed by atoms with Crippen molar-refractivity contribution in [1.29, 1.82) is 0 Å². The minimum Gasteiger partial charge on any atom is -0.356 e. The number of fused-ring (bicyclic) bond motifs is 10. The summed E-state index contributed by atoms with van der Waals surface area (Å²) in [7, 11) is 0. The normalized spacial score (nSPS) is 11.3. The van der Waals surface area contributed by atoms with E-state index in [1.807, 2.05) is 18.2 Å². The molecule has 5 heteroatoms. The van der Waals surface area contributed by atoms with Crippen LogP contribution in [0.25, 0.3) is 187 Å². The fraction of sp³-hybridized carbons (Fsp3) is 0. The largest absolute Gasteiger partial charge is 0.356 e. The van der Waals surface area contributed by atoms with E-state index < -0.39 is 0 Å². The van der Waals surface area contributed by atoms with Crippen LogP contribution in [-0.4, -0.2) is 9.13 Å². The molecule has 0 aliphatic carbocycles. The highest BCUT2D eigenvalue weighted by Gasteiger charge is 2.26. The summed E-state index contributed by atoms with van der Waals surface area (Å²) in [6.07, 6.45) is 0. The first kappa shape index (κ1) is 78.5. The van der Waals surface area contributed by atoms with Crippen molar-refractivity contribution in [3.8, 4) is 100 Å². The number of nitrogens with zero attached hydrogens (tertiary/aromatic N) is 3. The summed E-state index contributed by atoms with van der Waals surface area (Å²) in [5.41, 5.74) is 32.2. The lowest BCUT2D eigenvalue weighted by Crippen LogP contribution is -2.10. The Balaban J connectivity index is 0.000000127. The third-order valence-electron chi connectivity index (χ3n) is 25.1. The summed E-state index contributed by atoms with van der Waals surface area (Å²) in [6, 6.07) is 183. The molecule has 2 aromatic heterocycles. The van der Waals surface area contributed by atoms with Crippen molar-refractivity contribution in [2.24, 2.45) is 0 Å². The van der Waals surface area contributed by atoms with Gasteiger partial charge in [-0.2, -0.15) is 0 Å². The molecule has 0 amide bonds. The molecule has 0 aliphatic rings. The van der Waals surface area contributed by atoms with Crippen LogP contribution in [0.1, 0.15) is 0 Å². The predicted octanol–water partition coefficient (Wildman–Crippen LogP) is 35.2. The molecule has 0 saturated carbocycles. The molecule has 0 unspecified atom stereocenters. The van der Waals surface area contributed by atoms with Crippen LogP contribution in [0, 0.1) is 0 Å². The van der Waals surface area contributed by atoms with Gasteiger partial charge in [0, 0.05) is 65.8 Å². The van der Waals surface area contributed by atoms with Crippen molar-refractivity contribution in [3.05, 3.63) is 514 Å². The lowest BCUT2D eigenvalue weighted by atomic mass is 9.82. The van der Waals surface area contributed by atoms with Crippen LogP contribution < -0.4 is 10.2 Å². The summed E-state index contributed by atoms with van der Waals surface area (Å²) in [4.78, 5) is 2.40. The maximum atomic E-state index is 3.80. The van der Waals surface area contributed by atoms with Gasteiger partial charge in [-0.05, 0) is 253 Å². The van der Waals surface area contributed by atoms with E-state index in [-0.39, 0.29) is 0 Å². The van der Waals surface area contributed by atoms with E-state index in [4.69, 9.17) is 0 Å². The van der Waals surface area contributed by atoms with Crippen molar-refractivity contribution in [2.45, 2.75) is 0 Å². The first-order chi connectivity index (χ1) is 64.0. The van der Waals surface area contributed by atoms with E-state index in [9.17, 15) is 0 Å². The van der Waals surface area contributed by atoms with Gasteiger partial charge >= 0.3 is 0 Å². The molecule has 0 atom stereocenters. The average Bonchev–Trinajstić information content (AvgIpc) is 1.48. The quantitative estimate of drug-likeness (QED) is 0.104. The SMILES string of the molecule is Brc1ccc2c(-c3ccccc3-c3ccccc3)c3ccccc3c(-c3ccccc3-c3ccccc3)c2c1.c1ccc(-c2ccccc2-c2c3ccccc3c(-c3ccccc3-c3ccccc3)c3cc(N(c4ccccc4)c4ccc(-n5c6ccccc6c6ccccc65)cc4)ccc23)cc1.c1ccc(Nc2ccc(-n3c4ccccc4c4ccccc43)cc2)cc1. The number of aromatic nitrogens is 2. The van der Waals surface area contributed by atoms with Crippen LogP contribution in [0.3, 0.4) is 0 Å². The summed E-state index contributed by atoms with van der Waals surface area (Å²) in [5, 5.41) is 18.4. The molecule has 0 bridgehead atoms. The zero-order chi connectivity index (χ0) is 85.9. The fourth-order valence-electron chi connectivity index (χ4n) is 19.5. The van der Waals surface area contributed by atoms with Crippen LogP contribution >= 0.6 is 15.9 Å². The summed E-state index contributed by atoms with van der Waals surface area (Å²) in [6.45, 7) is 0. The summed E-state index contributed by atoms with van der Waals surface area (Å²) in [5.74, 6) is 0. The van der Waals surface area contributed by atoms with Gasteiger partial charge in [-0.3, -0.25) is 0 Å². The Hall–Kier alpha value is -16.4. The van der Waals surface area contributed by atoms with Gasteiger partial charge in [0.1, 0.15) is 0 Å². The molecule has 24 aromatic rings. The second-order valence-corrected chi connectivity index (χ2v) is 33.5. The molecule has 24 rings (SSSR count). The standard InChI is InChI=1S/C62H42N2.C38H25Br.C24H18N2/c1-4-20-43(21-5-1)49-26-10-12-30-53(49)61-55-32-14-15-33-56(55)62(54-31-13-11-27-50(54)44-22-6-2-7-23-44)58-42-48(40-41-57(58)61)63(45-24-8-3-9-25-45)46-36-38-47(39-37-46)64-59-34-18-16-28-51(59)52-29-17-19-35-60(52)64;39-28-23-24-35-36(25-28)38(32-20-10-8-18-30(32)27-15-5-2-6-16-27)34-22-12-11-21-33(34)37(35)31-19-9-7-17-29(31)26-13-3-1-4-14-26;1-2-8-18(9-3-1)25-19-14-16-20(17-15-19)26-23-12-6-4-10-21(23)22-11-5-7-13-24(22)26/h1-42H;1-25H;1-17,25H. The number of hydrogen-bond acceptors (Lipinski definition) is 2. The van der Waals surface area contributed by atoms with Gasteiger partial charge < -0.3 is 19.4 Å². The molecule has 2 heterocycles. The van der Waals surface area contributed by atoms with E-state index in [0.29, 0.717) is 0 Å². The first-order valence-corrected chi connectivity index (χ1v) is 44.9. The number of benzene rings is 22. The predicted molar refractivity (Wildman–Crippen MR) is 554 cm³/mol. The van der Waals surface area contributed by atoms with Gasteiger partial charge in [0.05, 0.1) is 22.1 Å². The number of hydrogen-bond donors (Lipinski definition) is 1. The number of nitrogens with one attached hydrogen (secondary N) is 1. The zero-order valence-corrected chi connectivity index (χ0v) is 72.3. The van der Waals surface area contributed by atoms with Crippen LogP contribution in [0.5, 0.6) is 0 Å². The van der Waals surface area contributed by atoms with Crippen LogP contribution in [0.15, 0.2) is 514 Å². The highest BCUT2D eigenvalue weighted by molar-refractivity contribution is 9.10. The van der Waals surface area contributed by atoms with Gasteiger partial charge in [-0.25, -0.2) is 0 Å². The molecule has 0 spiro atoms. The first-order valence-electron chi connectivity index (χ1n) is 44.1. The molecule has 4 nitrogen and oxygen atoms in total. The van der Waals surface area contributed by atoms with Crippen molar-refractivity contribution in [1.82, 2.24) is 9.13 Å². The molecular formula is C124H85BrN4. The zero-order valence-electron chi connectivity index (χ0n) is 70.7. The number of halogens is 1. The summed E-state index contributed by atoms with van der Waals surface area (Å²) >= 11 is 3.80. The van der Waals surface area contributed by atoms with E-state index in [2.05, 4.69) is 527 Å². The molecule has 0 radical (unpaired) electrons. The molecule has 1 N–H and O–H groups in total. The van der Waals surface area contributed by atoms with Crippen LogP contribution in [0.4, 0.5) is 28.4 Å². The Labute approximate surface area is 759 Å². The highest BCUT2D eigenvalue weighted by atomic mass is 79.9. The second-order valence-electron chi connectivity index (χ2n) is 32.6. The smallest absolute Gasteiger partial charge is 0.0541 e. The number of anilines is 5. The maximum absolute atomic E-state index is 3.80. The number of para-hydroxylation sites is 6. The van der Waals surface area contributed by atoms with Gasteiger partial charge in [-0.15, -0.1) is 0 Å². The Bertz CT molecular complexity index is 8130. The van der Waals surface area contributed by atoms with Crippen molar-refractivity contribution < 1.29 is 0 Å². The molecule has 129 heavy (non-hydrogen) atoms. The van der Waals surface area contributed by atoms with Crippen molar-refractivity contribution in [2.75, 3.05) is 10.2 Å². The Morgan fingerprint density at radius 1 is 0.171 bits per heavy atom. The van der Waals surface area contributed by atoms with Gasteiger partial charge in [0.2, 0.25) is 0 Å². The average molecular weight is 1710 g/mol. The second kappa shape index (κ2) is 34.9. The van der Waals surface area contributed by atoms with E-state index >= 15 is 0 Å². The van der Waals surface area contributed by atoms with E-state index in [0.717, 1.165) is 38.6 Å². The van der Waals surface area contributed by atoms with Gasteiger partial charge in [0.15, 0.2) is 0 Å². The van der Waals surface area contributed by atoms with E-state index in [1.54, 1.807) is 0 Å². The molecular weight excluding hydrogens is 1630 g/mol. The third kappa shape index (κ3) is 14.9. The van der Waals surface area contributed by atoms with E-state index in [1.165, 1.54) is 181 Å². The Morgan fingerprint density at radius 2 is 0.411 bits per heavy atom. The molecule has 0 saturated heterocycles. The Kier molecular flexibility index (Phi) is 21.3. The topological polar surface area (TPSA) is 25.1 Å². The Morgan fingerprint density at radius 3 is 0.767 bits per heavy atom. The van der Waals surface area contributed by atoms with Crippen LogP contribution in [0.2, 0.25) is 0 Å². The number of rotatable bonds is 15. The van der Waals surface area contributed by atoms with Crippen molar-refractivity contribution >= 4 is 131 Å². The van der Waals surface area contributed by atoms with Crippen LogP contribution in [-0.2, 0) is 0 Å². The monoisotopic (exact) mass is 1710 g/mol. The molecule has 0 fully saturated rings. The molecule has 608 valence electrons.